The van der Waals surface area contributed by atoms with Gasteiger partial charge in [-0.2, -0.15) is 12.8 Å². The number of aryl methyl sites for hydroxylation is 1. The van der Waals surface area contributed by atoms with Gasteiger partial charge in [-0.1, -0.05) is 66.2 Å². The van der Waals surface area contributed by atoms with Gasteiger partial charge in [-0.05, 0) is 42.8 Å². The molecule has 3 aromatic rings. The fourth-order valence-corrected chi connectivity index (χ4v) is 3.60. The Labute approximate surface area is 165 Å². The molecule has 0 atom stereocenters. The van der Waals surface area contributed by atoms with Gasteiger partial charge in [-0.25, -0.2) is 0 Å². The number of hydrogen-bond acceptors (Lipinski definition) is 3. The van der Waals surface area contributed by atoms with Crippen LogP contribution in [0.5, 0.6) is 5.75 Å². The van der Waals surface area contributed by atoms with Gasteiger partial charge in [0.1, 0.15) is 5.75 Å². The van der Waals surface area contributed by atoms with Crippen molar-refractivity contribution in [1.29, 1.82) is 0 Å². The second-order valence-corrected chi connectivity index (χ2v) is 7.84. The van der Waals surface area contributed by atoms with Crippen molar-refractivity contribution in [3.05, 3.63) is 102 Å². The van der Waals surface area contributed by atoms with E-state index in [4.69, 9.17) is 4.74 Å². The lowest BCUT2D eigenvalue weighted by atomic mass is 10.1. The van der Waals surface area contributed by atoms with Crippen molar-refractivity contribution in [1.82, 2.24) is 0 Å². The summed E-state index contributed by atoms with van der Waals surface area (Å²) in [4.78, 5) is 0.159. The Balaban J connectivity index is 2.07. The summed E-state index contributed by atoms with van der Waals surface area (Å²) in [6.45, 7) is 1.91. The highest BCUT2D eigenvalue weighted by atomic mass is 32.2. The fraction of sp³-hybridized carbons (Fsp3) is 0.0870. The van der Waals surface area contributed by atoms with Crippen LogP contribution in [0.4, 0.5) is 0 Å². The number of nitrogens with zero attached hydrogens (tertiary/aromatic N) is 1. The molecule has 28 heavy (non-hydrogen) atoms. The van der Waals surface area contributed by atoms with E-state index in [1.54, 1.807) is 61.7 Å². The summed E-state index contributed by atoms with van der Waals surface area (Å²) in [5.74, 6) is 0.631. The van der Waals surface area contributed by atoms with Crippen LogP contribution in [0, 0.1) is 6.92 Å². The fourth-order valence-electron chi connectivity index (χ4n) is 2.59. The Morgan fingerprint density at radius 2 is 1.64 bits per heavy atom. The van der Waals surface area contributed by atoms with Crippen LogP contribution in [0.2, 0.25) is 0 Å². The smallest absolute Gasteiger partial charge is 0.282 e. The van der Waals surface area contributed by atoms with E-state index in [1.165, 1.54) is 0 Å². The zero-order valence-corrected chi connectivity index (χ0v) is 16.6. The third-order valence-electron chi connectivity index (χ3n) is 4.14. The zero-order chi connectivity index (χ0) is 20.0. The summed E-state index contributed by atoms with van der Waals surface area (Å²) in [6, 6.07) is 23.5. The van der Waals surface area contributed by atoms with Crippen molar-refractivity contribution >= 4 is 21.8 Å². The molecule has 0 bridgehead atoms. The Bertz CT molecular complexity index is 1100. The highest BCUT2D eigenvalue weighted by molar-refractivity contribution is 7.90. The summed E-state index contributed by atoms with van der Waals surface area (Å²) in [6.07, 6.45) is 3.54. The van der Waals surface area contributed by atoms with Gasteiger partial charge >= 0.3 is 0 Å². The molecule has 0 unspecified atom stereocenters. The summed E-state index contributed by atoms with van der Waals surface area (Å²) in [7, 11) is -2.28. The van der Waals surface area contributed by atoms with E-state index in [-0.39, 0.29) is 4.90 Å². The van der Waals surface area contributed by atoms with E-state index >= 15 is 0 Å². The van der Waals surface area contributed by atoms with E-state index in [9.17, 15) is 8.42 Å². The number of hydrogen-bond donors (Lipinski definition) is 0. The maximum Gasteiger partial charge on any atom is 0.282 e. The van der Waals surface area contributed by atoms with Crippen LogP contribution in [-0.2, 0) is 10.0 Å². The molecule has 3 aromatic carbocycles. The van der Waals surface area contributed by atoms with Crippen LogP contribution in [-0.4, -0.2) is 21.2 Å². The van der Waals surface area contributed by atoms with E-state index < -0.39 is 10.0 Å². The summed E-state index contributed by atoms with van der Waals surface area (Å²) >= 11 is 0. The standard InChI is InChI=1S/C23H21NO3S/c1-18-11-14-22(15-12-18)28(25,26)24-23(16-13-19-7-4-3-5-8-19)20-9-6-10-21(17-20)27-2/h3-17H,1-2H3/b16-13+,24-23-. The second kappa shape index (κ2) is 8.67. The molecule has 0 saturated heterocycles. The van der Waals surface area contributed by atoms with Gasteiger partial charge in [0.25, 0.3) is 10.0 Å². The summed E-state index contributed by atoms with van der Waals surface area (Å²) in [5, 5.41) is 0. The van der Waals surface area contributed by atoms with E-state index in [0.29, 0.717) is 17.0 Å². The molecule has 0 saturated carbocycles. The highest BCUT2D eigenvalue weighted by Gasteiger charge is 2.14. The molecule has 5 heteroatoms. The highest BCUT2D eigenvalue weighted by Crippen LogP contribution is 2.19. The van der Waals surface area contributed by atoms with Gasteiger partial charge in [0.05, 0.1) is 17.7 Å². The monoisotopic (exact) mass is 391 g/mol. The van der Waals surface area contributed by atoms with Crippen molar-refractivity contribution in [2.75, 3.05) is 7.11 Å². The molecule has 3 rings (SSSR count). The molecule has 0 aromatic heterocycles. The SMILES string of the molecule is COc1cccc(C(/C=C/c2ccccc2)=N\S(=O)(=O)c2ccc(C)cc2)c1. The predicted octanol–water partition coefficient (Wildman–Crippen LogP) is 4.90. The molecular weight excluding hydrogens is 370 g/mol. The van der Waals surface area contributed by atoms with Gasteiger partial charge in [0.2, 0.25) is 0 Å². The van der Waals surface area contributed by atoms with Gasteiger partial charge in [-0.15, -0.1) is 0 Å². The van der Waals surface area contributed by atoms with Crippen molar-refractivity contribution in [2.45, 2.75) is 11.8 Å². The lowest BCUT2D eigenvalue weighted by Crippen LogP contribution is -2.05. The van der Waals surface area contributed by atoms with Crippen LogP contribution in [0.25, 0.3) is 6.08 Å². The predicted molar refractivity (Wildman–Crippen MR) is 113 cm³/mol. The van der Waals surface area contributed by atoms with E-state index in [0.717, 1.165) is 11.1 Å². The molecule has 0 aliphatic heterocycles. The van der Waals surface area contributed by atoms with Crippen molar-refractivity contribution in [3.8, 4) is 5.75 Å². The molecule has 0 aliphatic rings. The van der Waals surface area contributed by atoms with Crippen molar-refractivity contribution in [3.63, 3.8) is 0 Å². The van der Waals surface area contributed by atoms with Crippen molar-refractivity contribution < 1.29 is 13.2 Å². The maximum absolute atomic E-state index is 12.8. The lowest BCUT2D eigenvalue weighted by molar-refractivity contribution is 0.414. The van der Waals surface area contributed by atoms with Crippen LogP contribution in [0.3, 0.4) is 0 Å². The molecule has 0 heterocycles. The van der Waals surface area contributed by atoms with Crippen molar-refractivity contribution in [2.24, 2.45) is 4.40 Å². The maximum atomic E-state index is 12.8. The molecule has 0 aliphatic carbocycles. The van der Waals surface area contributed by atoms with E-state index in [1.807, 2.05) is 43.3 Å². The van der Waals surface area contributed by atoms with Gasteiger partial charge in [0.15, 0.2) is 0 Å². The van der Waals surface area contributed by atoms with Crippen LogP contribution < -0.4 is 4.74 Å². The Morgan fingerprint density at radius 1 is 0.929 bits per heavy atom. The van der Waals surface area contributed by atoms with Gasteiger partial charge < -0.3 is 4.74 Å². The Hall–Kier alpha value is -3.18. The van der Waals surface area contributed by atoms with Gasteiger partial charge in [-0.3, -0.25) is 0 Å². The third kappa shape index (κ3) is 4.96. The second-order valence-electron chi connectivity index (χ2n) is 6.24. The topological polar surface area (TPSA) is 55.7 Å². The largest absolute Gasteiger partial charge is 0.497 e. The number of sulfonamides is 1. The molecular formula is C23H21NO3S. The van der Waals surface area contributed by atoms with E-state index in [2.05, 4.69) is 4.40 Å². The van der Waals surface area contributed by atoms with Crippen LogP contribution in [0.15, 0.2) is 94.2 Å². The Kier molecular flexibility index (Phi) is 6.06. The first kappa shape index (κ1) is 19.6. The van der Waals surface area contributed by atoms with Crippen LogP contribution in [0.1, 0.15) is 16.7 Å². The Morgan fingerprint density at radius 3 is 2.32 bits per heavy atom. The number of methoxy groups -OCH3 is 1. The summed E-state index contributed by atoms with van der Waals surface area (Å²) in [5.41, 5.74) is 2.93. The first-order valence-electron chi connectivity index (χ1n) is 8.77. The number of benzene rings is 3. The molecule has 0 spiro atoms. The number of ether oxygens (including phenoxy) is 1. The average molecular weight is 391 g/mol. The normalized spacial score (nSPS) is 12.3. The quantitative estimate of drug-likeness (QED) is 0.562. The molecule has 0 radical (unpaired) electrons. The minimum absolute atomic E-state index is 0.159. The zero-order valence-electron chi connectivity index (χ0n) is 15.7. The van der Waals surface area contributed by atoms with Gasteiger partial charge in [0, 0.05) is 5.56 Å². The first-order chi connectivity index (χ1) is 13.5. The third-order valence-corrected chi connectivity index (χ3v) is 5.44. The molecule has 0 N–H and O–H groups in total. The average Bonchev–Trinajstić information content (AvgIpc) is 2.72. The lowest BCUT2D eigenvalue weighted by Gasteiger charge is -2.06. The summed E-state index contributed by atoms with van der Waals surface area (Å²) < 4.78 is 35.1. The molecule has 142 valence electrons. The molecule has 0 fully saturated rings. The molecule has 4 nitrogen and oxygen atoms in total. The minimum atomic E-state index is -3.85. The molecule has 0 amide bonds. The first-order valence-corrected chi connectivity index (χ1v) is 10.2. The number of rotatable bonds is 6. The van der Waals surface area contributed by atoms with Crippen LogP contribution >= 0.6 is 0 Å². The number of allylic oxidation sites excluding steroid dienone is 1. The minimum Gasteiger partial charge on any atom is -0.497 e.